The Balaban J connectivity index is 1.14. The minimum atomic E-state index is -0.577. The maximum Gasteiger partial charge on any atom is 0.273 e. The van der Waals surface area contributed by atoms with E-state index in [-0.39, 0.29) is 22.8 Å². The van der Waals surface area contributed by atoms with Gasteiger partial charge >= 0.3 is 0 Å². The highest BCUT2D eigenvalue weighted by atomic mass is 35.5. The van der Waals surface area contributed by atoms with E-state index in [1.807, 2.05) is 0 Å². The van der Waals surface area contributed by atoms with E-state index in [9.17, 15) is 9.18 Å². The first kappa shape index (κ1) is 20.3. The second-order valence-corrected chi connectivity index (χ2v) is 9.54. The highest BCUT2D eigenvalue weighted by Gasteiger charge is 2.24. The molecule has 0 aliphatic heterocycles. The van der Waals surface area contributed by atoms with E-state index in [4.69, 9.17) is 11.6 Å². The molecule has 1 aliphatic carbocycles. The fourth-order valence-electron chi connectivity index (χ4n) is 3.81. The molecule has 1 fully saturated rings. The number of halogens is 2. The Bertz CT molecular complexity index is 1520. The summed E-state index contributed by atoms with van der Waals surface area (Å²) in [5, 5.41) is 11.6. The number of thiazole rings is 1. The predicted octanol–water partition coefficient (Wildman–Crippen LogP) is 4.18. The van der Waals surface area contributed by atoms with Crippen LogP contribution < -0.4 is 5.32 Å². The van der Waals surface area contributed by atoms with Gasteiger partial charge in [0.1, 0.15) is 10.5 Å². The molecule has 0 radical (unpaired) electrons. The van der Waals surface area contributed by atoms with Crippen LogP contribution in [0.25, 0.3) is 15.7 Å². The fraction of sp³-hybridized carbons (Fsp3) is 0.227. The van der Waals surface area contributed by atoms with Gasteiger partial charge in [0, 0.05) is 6.20 Å². The summed E-state index contributed by atoms with van der Waals surface area (Å²) in [5.41, 5.74) is 3.11. The first-order chi connectivity index (χ1) is 16.0. The SMILES string of the molecule is O=C(NCc1ncn2ccc(Cl)c(F)c12)c1cn(Cc2nc3ccc(C4CC4)cc3s2)nn1. The number of hydrogen-bond acceptors (Lipinski definition) is 6. The normalized spacial score (nSPS) is 13.8. The highest BCUT2D eigenvalue weighted by Crippen LogP contribution is 2.41. The van der Waals surface area contributed by atoms with Gasteiger partial charge in [0.05, 0.1) is 46.5 Å². The van der Waals surface area contributed by atoms with Crippen LogP contribution in [-0.2, 0) is 13.1 Å². The number of hydrogen-bond donors (Lipinski definition) is 1. The number of aromatic nitrogens is 6. The standard InChI is InChI=1S/C22H17ClFN7OS/c23-14-5-6-30-11-26-16(21(30)20(14)24)8-25-22(32)17-9-31(29-28-17)10-19-27-15-4-3-13(12-1-2-12)7-18(15)33-19/h3-7,9,11-12H,1-2,8,10H2,(H,25,32). The van der Waals surface area contributed by atoms with Crippen molar-refractivity contribution < 1.29 is 9.18 Å². The molecule has 1 aromatic carbocycles. The number of rotatable bonds is 6. The third-order valence-electron chi connectivity index (χ3n) is 5.66. The molecule has 1 N–H and O–H groups in total. The van der Waals surface area contributed by atoms with E-state index in [2.05, 4.69) is 43.8 Å². The van der Waals surface area contributed by atoms with Crippen molar-refractivity contribution in [1.29, 1.82) is 0 Å². The molecule has 1 aliphatic rings. The summed E-state index contributed by atoms with van der Waals surface area (Å²) in [6.07, 6.45) is 7.18. The van der Waals surface area contributed by atoms with Crippen molar-refractivity contribution in [3.8, 4) is 0 Å². The molecule has 6 rings (SSSR count). The molecule has 11 heteroatoms. The average Bonchev–Trinajstić information content (AvgIpc) is 3.23. The van der Waals surface area contributed by atoms with Crippen LogP contribution in [0.3, 0.4) is 0 Å². The molecule has 5 aromatic rings. The van der Waals surface area contributed by atoms with Crippen molar-refractivity contribution in [3.05, 3.63) is 75.8 Å². The van der Waals surface area contributed by atoms with Gasteiger partial charge in [-0.1, -0.05) is 22.9 Å². The Morgan fingerprint density at radius 3 is 3.03 bits per heavy atom. The van der Waals surface area contributed by atoms with Gasteiger partial charge in [0.25, 0.3) is 5.91 Å². The van der Waals surface area contributed by atoms with Crippen molar-refractivity contribution in [2.75, 3.05) is 0 Å². The van der Waals surface area contributed by atoms with Gasteiger partial charge in [0.2, 0.25) is 0 Å². The molecule has 0 spiro atoms. The van der Waals surface area contributed by atoms with Crippen molar-refractivity contribution in [1.82, 2.24) is 34.7 Å². The van der Waals surface area contributed by atoms with Crippen LogP contribution in [0.15, 0.2) is 43.0 Å². The highest BCUT2D eigenvalue weighted by molar-refractivity contribution is 7.18. The predicted molar refractivity (Wildman–Crippen MR) is 122 cm³/mol. The van der Waals surface area contributed by atoms with E-state index in [0.717, 1.165) is 15.2 Å². The van der Waals surface area contributed by atoms with E-state index >= 15 is 0 Å². The van der Waals surface area contributed by atoms with Gasteiger partial charge in [-0.2, -0.15) is 0 Å². The van der Waals surface area contributed by atoms with Gasteiger partial charge < -0.3 is 9.72 Å². The Morgan fingerprint density at radius 1 is 1.30 bits per heavy atom. The molecule has 0 bridgehead atoms. The average molecular weight is 482 g/mol. The quantitative estimate of drug-likeness (QED) is 0.393. The summed E-state index contributed by atoms with van der Waals surface area (Å²) >= 11 is 7.49. The summed E-state index contributed by atoms with van der Waals surface area (Å²) in [6, 6.07) is 7.90. The molecule has 0 atom stereocenters. The van der Waals surface area contributed by atoms with E-state index < -0.39 is 11.7 Å². The summed E-state index contributed by atoms with van der Waals surface area (Å²) in [6.45, 7) is 0.453. The third kappa shape index (κ3) is 3.85. The van der Waals surface area contributed by atoms with Crippen LogP contribution in [0, 0.1) is 5.82 Å². The number of imidazole rings is 1. The van der Waals surface area contributed by atoms with E-state index in [0.29, 0.717) is 18.2 Å². The van der Waals surface area contributed by atoms with Crippen LogP contribution >= 0.6 is 22.9 Å². The molecular formula is C22H17ClFN7OS. The van der Waals surface area contributed by atoms with Gasteiger partial charge in [-0.25, -0.2) is 19.0 Å². The Labute approximate surface area is 196 Å². The number of carbonyl (C=O) groups is 1. The molecule has 1 saturated carbocycles. The second-order valence-electron chi connectivity index (χ2n) is 8.02. The lowest BCUT2D eigenvalue weighted by Gasteiger charge is -2.03. The van der Waals surface area contributed by atoms with Gasteiger partial charge in [0.15, 0.2) is 11.5 Å². The minimum Gasteiger partial charge on any atom is -0.345 e. The first-order valence-corrected chi connectivity index (χ1v) is 11.6. The van der Waals surface area contributed by atoms with Crippen molar-refractivity contribution >= 4 is 44.6 Å². The largest absolute Gasteiger partial charge is 0.345 e. The smallest absolute Gasteiger partial charge is 0.273 e. The number of fused-ring (bicyclic) bond motifs is 2. The maximum atomic E-state index is 14.4. The summed E-state index contributed by atoms with van der Waals surface area (Å²) in [4.78, 5) is 21.4. The van der Waals surface area contributed by atoms with Crippen LogP contribution in [0.5, 0.6) is 0 Å². The third-order valence-corrected chi connectivity index (χ3v) is 6.95. The molecule has 33 heavy (non-hydrogen) atoms. The molecular weight excluding hydrogens is 465 g/mol. The van der Waals surface area contributed by atoms with Crippen LogP contribution in [0.4, 0.5) is 4.39 Å². The zero-order chi connectivity index (χ0) is 22.5. The number of nitrogens with zero attached hydrogens (tertiary/aromatic N) is 6. The van der Waals surface area contributed by atoms with Gasteiger partial charge in [-0.05, 0) is 42.5 Å². The van der Waals surface area contributed by atoms with Crippen molar-refractivity contribution in [2.24, 2.45) is 0 Å². The van der Waals surface area contributed by atoms with Gasteiger partial charge in [-0.15, -0.1) is 16.4 Å². The molecule has 0 unspecified atom stereocenters. The summed E-state index contributed by atoms with van der Waals surface area (Å²) in [7, 11) is 0. The number of nitrogens with one attached hydrogen (secondary N) is 1. The molecule has 8 nitrogen and oxygen atoms in total. The molecule has 4 aromatic heterocycles. The lowest BCUT2D eigenvalue weighted by molar-refractivity contribution is 0.0945. The zero-order valence-electron chi connectivity index (χ0n) is 17.2. The van der Waals surface area contributed by atoms with Crippen LogP contribution in [0.2, 0.25) is 5.02 Å². The maximum absolute atomic E-state index is 14.4. The second kappa shape index (κ2) is 7.89. The first-order valence-electron chi connectivity index (χ1n) is 10.4. The number of pyridine rings is 1. The zero-order valence-corrected chi connectivity index (χ0v) is 18.8. The Kier molecular flexibility index (Phi) is 4.84. The minimum absolute atomic E-state index is 0.00266. The molecule has 1 amide bonds. The lowest BCUT2D eigenvalue weighted by atomic mass is 10.1. The summed E-state index contributed by atoms with van der Waals surface area (Å²) < 4.78 is 18.6. The molecule has 0 saturated heterocycles. The monoisotopic (exact) mass is 481 g/mol. The number of amides is 1. The lowest BCUT2D eigenvalue weighted by Crippen LogP contribution is -2.23. The Hall–Kier alpha value is -3.37. The fourth-order valence-corrected chi connectivity index (χ4v) is 4.97. The number of benzene rings is 1. The molecule has 166 valence electrons. The van der Waals surface area contributed by atoms with E-state index in [1.54, 1.807) is 28.4 Å². The van der Waals surface area contributed by atoms with Crippen molar-refractivity contribution in [2.45, 2.75) is 31.8 Å². The summed E-state index contributed by atoms with van der Waals surface area (Å²) in [5.74, 6) is -0.305. The van der Waals surface area contributed by atoms with Crippen molar-refractivity contribution in [3.63, 3.8) is 0 Å². The van der Waals surface area contributed by atoms with E-state index in [1.165, 1.54) is 35.2 Å². The Morgan fingerprint density at radius 2 is 2.18 bits per heavy atom. The molecule has 4 heterocycles. The van der Waals surface area contributed by atoms with Gasteiger partial charge in [-0.3, -0.25) is 4.79 Å². The topological polar surface area (TPSA) is 90.0 Å². The van der Waals surface area contributed by atoms with Crippen LogP contribution in [-0.4, -0.2) is 35.3 Å². The van der Waals surface area contributed by atoms with Crippen LogP contribution in [0.1, 0.15) is 45.5 Å². The number of carbonyl (C=O) groups excluding carboxylic acids is 1.